The van der Waals surface area contributed by atoms with Gasteiger partial charge in [0.1, 0.15) is 5.54 Å². The minimum atomic E-state index is -4.45. The zero-order chi connectivity index (χ0) is 18.2. The van der Waals surface area contributed by atoms with Crippen LogP contribution in [0.4, 0.5) is 18.0 Å². The first kappa shape index (κ1) is 17.2. The van der Waals surface area contributed by atoms with E-state index in [1.807, 2.05) is 0 Å². The van der Waals surface area contributed by atoms with E-state index in [2.05, 4.69) is 10.6 Å². The molecule has 6 nitrogen and oxygen atoms in total. The van der Waals surface area contributed by atoms with E-state index in [0.717, 1.165) is 12.1 Å². The van der Waals surface area contributed by atoms with Crippen molar-refractivity contribution in [2.24, 2.45) is 0 Å². The second kappa shape index (κ2) is 6.05. The minimum absolute atomic E-state index is 0.143. The Morgan fingerprint density at radius 1 is 1.20 bits per heavy atom. The number of carbonyl (C=O) groups is 3. The number of imide groups is 1. The number of rotatable bonds is 2. The Morgan fingerprint density at radius 2 is 1.88 bits per heavy atom. The number of hydrogen-bond acceptors (Lipinski definition) is 3. The van der Waals surface area contributed by atoms with E-state index in [0.29, 0.717) is 0 Å². The molecule has 4 amide bonds. The SMILES string of the molecule is O=C1NC(=O)C2(CCN(C(=O)Cc3cccc(C(F)(F)F)c3)CC2)N1. The lowest BCUT2D eigenvalue weighted by atomic mass is 9.87. The van der Waals surface area contributed by atoms with Gasteiger partial charge in [-0.3, -0.25) is 14.9 Å². The number of urea groups is 1. The maximum atomic E-state index is 12.7. The van der Waals surface area contributed by atoms with Crippen LogP contribution in [0.2, 0.25) is 0 Å². The maximum Gasteiger partial charge on any atom is 0.416 e. The highest BCUT2D eigenvalue weighted by Crippen LogP contribution is 2.30. The molecule has 1 aromatic rings. The molecule has 1 aromatic carbocycles. The molecule has 9 heteroatoms. The first-order valence-corrected chi connectivity index (χ1v) is 7.77. The van der Waals surface area contributed by atoms with Crippen molar-refractivity contribution >= 4 is 17.8 Å². The largest absolute Gasteiger partial charge is 0.416 e. The average molecular weight is 355 g/mol. The number of nitrogens with zero attached hydrogens (tertiary/aromatic N) is 1. The number of piperidine rings is 1. The lowest BCUT2D eigenvalue weighted by molar-refractivity contribution is -0.138. The number of halogens is 3. The molecule has 2 saturated heterocycles. The Morgan fingerprint density at radius 3 is 2.44 bits per heavy atom. The van der Waals surface area contributed by atoms with Gasteiger partial charge in [0, 0.05) is 13.1 Å². The van der Waals surface area contributed by atoms with Crippen molar-refractivity contribution < 1.29 is 27.6 Å². The number of likely N-dealkylation sites (tertiary alicyclic amines) is 1. The molecule has 0 radical (unpaired) electrons. The molecular formula is C16H16F3N3O3. The standard InChI is InChI=1S/C16H16F3N3O3/c17-16(18,19)11-3-1-2-10(8-11)9-12(23)22-6-4-15(5-7-22)13(24)20-14(25)21-15/h1-3,8H,4-7,9H2,(H2,20,21,24,25). The van der Waals surface area contributed by atoms with Crippen molar-refractivity contribution in [2.75, 3.05) is 13.1 Å². The Kier molecular flexibility index (Phi) is 4.18. The lowest BCUT2D eigenvalue weighted by Gasteiger charge is -2.37. The van der Waals surface area contributed by atoms with E-state index >= 15 is 0 Å². The van der Waals surface area contributed by atoms with Crippen molar-refractivity contribution in [3.8, 4) is 0 Å². The van der Waals surface area contributed by atoms with E-state index in [1.165, 1.54) is 17.0 Å². The number of amides is 4. The van der Waals surface area contributed by atoms with Crippen molar-refractivity contribution in [3.05, 3.63) is 35.4 Å². The Hall–Kier alpha value is -2.58. The number of benzene rings is 1. The highest BCUT2D eigenvalue weighted by molar-refractivity contribution is 6.07. The Balaban J connectivity index is 1.62. The van der Waals surface area contributed by atoms with Crippen molar-refractivity contribution in [1.82, 2.24) is 15.5 Å². The quantitative estimate of drug-likeness (QED) is 0.788. The van der Waals surface area contributed by atoms with Gasteiger partial charge in [0.15, 0.2) is 0 Å². The van der Waals surface area contributed by atoms with Gasteiger partial charge >= 0.3 is 12.2 Å². The number of alkyl halides is 3. The molecule has 0 aliphatic carbocycles. The molecule has 2 N–H and O–H groups in total. The van der Waals surface area contributed by atoms with Gasteiger partial charge in [-0.2, -0.15) is 13.2 Å². The third-order valence-electron chi connectivity index (χ3n) is 4.59. The number of carbonyl (C=O) groups excluding carboxylic acids is 3. The monoisotopic (exact) mass is 355 g/mol. The van der Waals surface area contributed by atoms with Crippen LogP contribution in [0, 0.1) is 0 Å². The Labute approximate surface area is 141 Å². The summed E-state index contributed by atoms with van der Waals surface area (Å²) in [4.78, 5) is 37.0. The van der Waals surface area contributed by atoms with Gasteiger partial charge in [-0.1, -0.05) is 18.2 Å². The first-order valence-electron chi connectivity index (χ1n) is 7.77. The molecule has 0 aromatic heterocycles. The third-order valence-corrected chi connectivity index (χ3v) is 4.59. The van der Waals surface area contributed by atoms with E-state index in [9.17, 15) is 27.6 Å². The predicted octanol–water partition coefficient (Wildman–Crippen LogP) is 1.45. The third kappa shape index (κ3) is 3.45. The van der Waals surface area contributed by atoms with Crippen LogP contribution < -0.4 is 10.6 Å². The van der Waals surface area contributed by atoms with Crippen molar-refractivity contribution in [2.45, 2.75) is 31.0 Å². The molecule has 0 unspecified atom stereocenters. The van der Waals surface area contributed by atoms with Crippen LogP contribution in [0.3, 0.4) is 0 Å². The van der Waals surface area contributed by atoms with Crippen molar-refractivity contribution in [1.29, 1.82) is 0 Å². The maximum absolute atomic E-state index is 12.7. The summed E-state index contributed by atoms with van der Waals surface area (Å²) in [5.74, 6) is -0.707. The summed E-state index contributed by atoms with van der Waals surface area (Å²) < 4.78 is 38.2. The van der Waals surface area contributed by atoms with E-state index in [1.54, 1.807) is 0 Å². The second-order valence-electron chi connectivity index (χ2n) is 6.25. The summed E-state index contributed by atoms with van der Waals surface area (Å²) in [6.07, 6.45) is -4.04. The van der Waals surface area contributed by atoms with Crippen LogP contribution in [-0.2, 0) is 22.2 Å². The second-order valence-corrected chi connectivity index (χ2v) is 6.25. The van der Waals surface area contributed by atoms with E-state index in [4.69, 9.17) is 0 Å². The van der Waals surface area contributed by atoms with E-state index in [-0.39, 0.29) is 43.8 Å². The fourth-order valence-electron chi connectivity index (χ4n) is 3.16. The van der Waals surface area contributed by atoms with Gasteiger partial charge in [0.2, 0.25) is 5.91 Å². The molecule has 2 fully saturated rings. The summed E-state index contributed by atoms with van der Waals surface area (Å²) in [5, 5.41) is 4.77. The summed E-state index contributed by atoms with van der Waals surface area (Å²) in [5.41, 5.74) is -1.49. The lowest BCUT2D eigenvalue weighted by Crippen LogP contribution is -2.55. The summed E-state index contributed by atoms with van der Waals surface area (Å²) in [6, 6.07) is 4.13. The molecule has 2 aliphatic rings. The fourth-order valence-corrected chi connectivity index (χ4v) is 3.16. The summed E-state index contributed by atoms with van der Waals surface area (Å²) >= 11 is 0. The van der Waals surface area contributed by atoms with Crippen LogP contribution in [0.15, 0.2) is 24.3 Å². The van der Waals surface area contributed by atoms with Crippen LogP contribution >= 0.6 is 0 Å². The van der Waals surface area contributed by atoms with Gasteiger partial charge in [0.25, 0.3) is 5.91 Å². The van der Waals surface area contributed by atoms with Gasteiger partial charge in [-0.25, -0.2) is 4.79 Å². The van der Waals surface area contributed by atoms with Gasteiger partial charge < -0.3 is 10.2 Å². The highest BCUT2D eigenvalue weighted by atomic mass is 19.4. The highest BCUT2D eigenvalue weighted by Gasteiger charge is 2.48. The van der Waals surface area contributed by atoms with Crippen LogP contribution in [0.25, 0.3) is 0 Å². The average Bonchev–Trinajstić information content (AvgIpc) is 2.81. The first-order chi connectivity index (χ1) is 11.7. The van der Waals surface area contributed by atoms with E-state index < -0.39 is 29.2 Å². The molecule has 2 heterocycles. The van der Waals surface area contributed by atoms with Crippen LogP contribution in [0.5, 0.6) is 0 Å². The molecular weight excluding hydrogens is 339 g/mol. The Bertz CT molecular complexity index is 725. The fraction of sp³-hybridized carbons (Fsp3) is 0.438. The van der Waals surface area contributed by atoms with Gasteiger partial charge in [0.05, 0.1) is 12.0 Å². The molecule has 2 aliphatic heterocycles. The predicted molar refractivity (Wildman–Crippen MR) is 80.4 cm³/mol. The molecule has 25 heavy (non-hydrogen) atoms. The van der Waals surface area contributed by atoms with Gasteiger partial charge in [-0.05, 0) is 24.5 Å². The zero-order valence-corrected chi connectivity index (χ0v) is 13.2. The normalized spacial score (nSPS) is 19.7. The smallest absolute Gasteiger partial charge is 0.342 e. The minimum Gasteiger partial charge on any atom is -0.342 e. The molecule has 0 saturated carbocycles. The zero-order valence-electron chi connectivity index (χ0n) is 13.2. The van der Waals surface area contributed by atoms with Crippen LogP contribution in [-0.4, -0.2) is 41.4 Å². The van der Waals surface area contributed by atoms with Crippen molar-refractivity contribution in [3.63, 3.8) is 0 Å². The molecule has 0 atom stereocenters. The molecule has 3 rings (SSSR count). The number of nitrogens with one attached hydrogen (secondary N) is 2. The number of hydrogen-bond donors (Lipinski definition) is 2. The van der Waals surface area contributed by atoms with Gasteiger partial charge in [-0.15, -0.1) is 0 Å². The molecule has 134 valence electrons. The summed E-state index contributed by atoms with van der Waals surface area (Å²) in [6.45, 7) is 0.511. The topological polar surface area (TPSA) is 78.5 Å². The molecule has 0 bridgehead atoms. The molecule has 1 spiro atoms. The van der Waals surface area contributed by atoms with Crippen LogP contribution in [0.1, 0.15) is 24.0 Å². The summed E-state index contributed by atoms with van der Waals surface area (Å²) in [7, 11) is 0.